The zero-order chi connectivity index (χ0) is 15.7. The molecule has 0 saturated heterocycles. The van der Waals surface area contributed by atoms with Crippen LogP contribution in [0.5, 0.6) is 0 Å². The Labute approximate surface area is 130 Å². The number of hydrogen-bond donors (Lipinski definition) is 0. The summed E-state index contributed by atoms with van der Waals surface area (Å²) in [7, 11) is 0. The normalized spacial score (nSPS) is 18.3. The minimum atomic E-state index is 0.137. The molecule has 0 amide bonds. The van der Waals surface area contributed by atoms with E-state index in [0.717, 1.165) is 12.0 Å². The van der Waals surface area contributed by atoms with Crippen LogP contribution >= 0.6 is 0 Å². The zero-order valence-corrected chi connectivity index (χ0v) is 14.3. The molecule has 21 heavy (non-hydrogen) atoms. The van der Waals surface area contributed by atoms with Crippen LogP contribution in [0, 0.1) is 11.3 Å². The van der Waals surface area contributed by atoms with E-state index >= 15 is 0 Å². The van der Waals surface area contributed by atoms with Crippen LogP contribution in [0.15, 0.2) is 12.1 Å². The Morgan fingerprint density at radius 3 is 2.24 bits per heavy atom. The van der Waals surface area contributed by atoms with Gasteiger partial charge in [0, 0.05) is 0 Å². The van der Waals surface area contributed by atoms with Gasteiger partial charge in [-0.1, -0.05) is 66.0 Å². The predicted octanol–water partition coefficient (Wildman–Crippen LogP) is 5.64. The van der Waals surface area contributed by atoms with Gasteiger partial charge in [0.15, 0.2) is 0 Å². The summed E-state index contributed by atoms with van der Waals surface area (Å²) in [5.41, 5.74) is 5.20. The lowest BCUT2D eigenvalue weighted by Crippen LogP contribution is -2.27. The molecule has 0 spiro atoms. The van der Waals surface area contributed by atoms with Crippen LogP contribution < -0.4 is 0 Å². The summed E-state index contributed by atoms with van der Waals surface area (Å²) in [5, 5.41) is 9.72. The van der Waals surface area contributed by atoms with Gasteiger partial charge in [0.1, 0.15) is 0 Å². The van der Waals surface area contributed by atoms with Crippen LogP contribution in [0.2, 0.25) is 0 Å². The van der Waals surface area contributed by atoms with Crippen molar-refractivity contribution in [1.82, 2.24) is 0 Å². The molecule has 1 saturated carbocycles. The summed E-state index contributed by atoms with van der Waals surface area (Å²) in [6.45, 7) is 11.3. The molecule has 0 atom stereocenters. The lowest BCUT2D eigenvalue weighted by Gasteiger charge is -2.36. The van der Waals surface area contributed by atoms with Crippen molar-refractivity contribution in [2.75, 3.05) is 0 Å². The van der Waals surface area contributed by atoms with Crippen LogP contribution in [0.1, 0.15) is 89.0 Å². The van der Waals surface area contributed by atoms with Crippen molar-refractivity contribution in [2.45, 2.75) is 84.0 Å². The molecule has 0 N–H and O–H groups in total. The molecule has 1 aliphatic carbocycles. The Kier molecular flexibility index (Phi) is 4.47. The molecule has 1 nitrogen and oxygen atoms in total. The van der Waals surface area contributed by atoms with Gasteiger partial charge in [0.05, 0.1) is 11.6 Å². The topological polar surface area (TPSA) is 23.8 Å². The van der Waals surface area contributed by atoms with E-state index in [4.69, 9.17) is 0 Å². The lowest BCUT2D eigenvalue weighted by atomic mass is 9.67. The first-order valence-electron chi connectivity index (χ1n) is 8.40. The third-order valence-electron chi connectivity index (χ3n) is 5.19. The first kappa shape index (κ1) is 16.1. The molecule has 1 heteroatoms. The second-order valence-electron chi connectivity index (χ2n) is 7.89. The van der Waals surface area contributed by atoms with E-state index in [1.165, 1.54) is 48.8 Å². The van der Waals surface area contributed by atoms with Crippen molar-refractivity contribution in [3.8, 4) is 6.07 Å². The van der Waals surface area contributed by atoms with E-state index in [1.54, 1.807) is 0 Å². The number of nitrogens with zero attached hydrogens (tertiary/aromatic N) is 1. The molecular weight excluding hydrogens is 254 g/mol. The summed E-state index contributed by atoms with van der Waals surface area (Å²) in [6.07, 6.45) is 7.31. The molecule has 1 aromatic rings. The Balaban J connectivity index is 2.65. The Morgan fingerprint density at radius 1 is 1.14 bits per heavy atom. The molecule has 0 bridgehead atoms. The number of nitriles is 1. The summed E-state index contributed by atoms with van der Waals surface area (Å²) in [4.78, 5) is 0. The number of hydrogen-bond acceptors (Lipinski definition) is 1. The van der Waals surface area contributed by atoms with E-state index in [0.29, 0.717) is 0 Å². The third kappa shape index (κ3) is 3.15. The molecule has 2 rings (SSSR count). The standard InChI is InChI=1S/C20H29N/c1-6-15-12-16(19(2,3)4)13-18(17(15)14-21)20(5)10-8-7-9-11-20/h12-13H,6-11H2,1-5H3. The number of benzene rings is 1. The molecule has 1 aliphatic rings. The second kappa shape index (κ2) is 5.84. The van der Waals surface area contributed by atoms with Gasteiger partial charge in [0.25, 0.3) is 0 Å². The van der Waals surface area contributed by atoms with E-state index < -0.39 is 0 Å². The molecular formula is C20H29N. The second-order valence-corrected chi connectivity index (χ2v) is 7.89. The molecule has 0 aliphatic heterocycles. The van der Waals surface area contributed by atoms with Crippen molar-refractivity contribution in [1.29, 1.82) is 5.26 Å². The largest absolute Gasteiger partial charge is 0.192 e. The zero-order valence-electron chi connectivity index (χ0n) is 14.3. The van der Waals surface area contributed by atoms with Crippen molar-refractivity contribution >= 4 is 0 Å². The van der Waals surface area contributed by atoms with Crippen molar-refractivity contribution < 1.29 is 0 Å². The summed E-state index contributed by atoms with van der Waals surface area (Å²) >= 11 is 0. The first-order valence-corrected chi connectivity index (χ1v) is 8.40. The van der Waals surface area contributed by atoms with E-state index in [-0.39, 0.29) is 10.8 Å². The lowest BCUT2D eigenvalue weighted by molar-refractivity contribution is 0.318. The highest BCUT2D eigenvalue weighted by Crippen LogP contribution is 2.42. The van der Waals surface area contributed by atoms with Gasteiger partial charge in [-0.05, 0) is 46.8 Å². The van der Waals surface area contributed by atoms with Crippen LogP contribution in [-0.2, 0) is 17.3 Å². The van der Waals surface area contributed by atoms with Gasteiger partial charge < -0.3 is 0 Å². The highest BCUT2D eigenvalue weighted by Gasteiger charge is 2.33. The van der Waals surface area contributed by atoms with Gasteiger partial charge in [-0.3, -0.25) is 0 Å². The number of aryl methyl sites for hydroxylation is 1. The van der Waals surface area contributed by atoms with Crippen LogP contribution in [0.4, 0.5) is 0 Å². The Hall–Kier alpha value is -1.29. The fourth-order valence-electron chi connectivity index (χ4n) is 3.62. The van der Waals surface area contributed by atoms with Crippen molar-refractivity contribution in [3.05, 3.63) is 34.4 Å². The molecule has 1 fully saturated rings. The maximum atomic E-state index is 9.72. The first-order chi connectivity index (χ1) is 9.81. The van der Waals surface area contributed by atoms with Gasteiger partial charge in [-0.25, -0.2) is 0 Å². The minimum absolute atomic E-state index is 0.137. The molecule has 0 unspecified atom stereocenters. The molecule has 1 aromatic carbocycles. The smallest absolute Gasteiger partial charge is 0.0997 e. The SMILES string of the molecule is CCc1cc(C(C)(C)C)cc(C2(C)CCCCC2)c1C#N. The monoisotopic (exact) mass is 283 g/mol. The highest BCUT2D eigenvalue weighted by atomic mass is 14.4. The highest BCUT2D eigenvalue weighted by molar-refractivity contribution is 5.51. The maximum absolute atomic E-state index is 9.72. The van der Waals surface area contributed by atoms with E-state index in [9.17, 15) is 5.26 Å². The summed E-state index contributed by atoms with van der Waals surface area (Å²) in [6, 6.07) is 7.11. The molecule has 0 radical (unpaired) electrons. The van der Waals surface area contributed by atoms with Crippen LogP contribution in [0.3, 0.4) is 0 Å². The fourth-order valence-corrected chi connectivity index (χ4v) is 3.62. The Bertz CT molecular complexity index is 548. The average molecular weight is 283 g/mol. The summed E-state index contributed by atoms with van der Waals surface area (Å²) in [5.74, 6) is 0. The van der Waals surface area contributed by atoms with E-state index in [2.05, 4.69) is 52.8 Å². The van der Waals surface area contributed by atoms with Crippen molar-refractivity contribution in [3.63, 3.8) is 0 Å². The maximum Gasteiger partial charge on any atom is 0.0997 e. The van der Waals surface area contributed by atoms with Crippen molar-refractivity contribution in [2.24, 2.45) is 0 Å². The minimum Gasteiger partial charge on any atom is -0.192 e. The van der Waals surface area contributed by atoms with Gasteiger partial charge in [-0.15, -0.1) is 0 Å². The van der Waals surface area contributed by atoms with E-state index in [1.807, 2.05) is 0 Å². The summed E-state index contributed by atoms with van der Waals surface area (Å²) < 4.78 is 0. The van der Waals surface area contributed by atoms with Crippen LogP contribution in [0.25, 0.3) is 0 Å². The molecule has 0 aromatic heterocycles. The molecule has 114 valence electrons. The average Bonchev–Trinajstić information content (AvgIpc) is 2.45. The van der Waals surface area contributed by atoms with Gasteiger partial charge >= 0.3 is 0 Å². The quantitative estimate of drug-likeness (QED) is 0.689. The predicted molar refractivity (Wildman–Crippen MR) is 89.7 cm³/mol. The Morgan fingerprint density at radius 2 is 1.76 bits per heavy atom. The third-order valence-corrected chi connectivity index (χ3v) is 5.19. The van der Waals surface area contributed by atoms with Crippen LogP contribution in [-0.4, -0.2) is 0 Å². The molecule has 0 heterocycles. The fraction of sp³-hybridized carbons (Fsp3) is 0.650. The van der Waals surface area contributed by atoms with Gasteiger partial charge in [-0.2, -0.15) is 5.26 Å². The van der Waals surface area contributed by atoms with Gasteiger partial charge in [0.2, 0.25) is 0 Å². The number of rotatable bonds is 2.